The number of benzene rings is 4. The number of hydrogen-bond acceptors (Lipinski definition) is 19. The zero-order valence-electron chi connectivity index (χ0n) is 40.1. The van der Waals surface area contributed by atoms with Crippen LogP contribution in [0.3, 0.4) is 0 Å². The fourth-order valence-corrected chi connectivity index (χ4v) is 11.6. The number of nitrogens with zero attached hydrogens (tertiary/aromatic N) is 4. The summed E-state index contributed by atoms with van der Waals surface area (Å²) in [6, 6.07) is 16.5. The molecule has 30 heteroatoms. The molecule has 77 heavy (non-hydrogen) atoms. The lowest BCUT2D eigenvalue weighted by Crippen LogP contribution is -2.26. The smallest absolute Gasteiger partial charge is 0.490 e. The largest absolute Gasteiger partial charge is 0.508 e. The number of carbonyl (C=O) groups excluding carboxylic acids is 1. The third-order valence-electron chi connectivity index (χ3n) is 11.8. The van der Waals surface area contributed by atoms with Gasteiger partial charge in [0.2, 0.25) is 0 Å². The molecule has 27 nitrogen and oxygen atoms in total. The number of hydrogen-bond donors (Lipinski definition) is 9. The Kier molecular flexibility index (Phi) is 16.3. The summed E-state index contributed by atoms with van der Waals surface area (Å²) in [4.78, 5) is 95.7. The maximum Gasteiger partial charge on any atom is 0.490 e. The quantitative estimate of drug-likeness (QED) is 0.0141. The van der Waals surface area contributed by atoms with E-state index in [2.05, 4.69) is 40.3 Å². The molecule has 1 fully saturated rings. The van der Waals surface area contributed by atoms with Crippen molar-refractivity contribution in [1.82, 2.24) is 19.9 Å². The monoisotopic (exact) mass is 1120 g/mol. The molecule has 2 aliphatic heterocycles. The average Bonchev–Trinajstić information content (AvgIpc) is 3.92. The molecule has 404 valence electrons. The Hall–Kier alpha value is -7.24. The van der Waals surface area contributed by atoms with Gasteiger partial charge in [0.15, 0.2) is 5.43 Å². The normalized spacial score (nSPS) is 17.7. The number of aromatic hydroxyl groups is 1. The number of aromatic carboxylic acids is 1. The van der Waals surface area contributed by atoms with Gasteiger partial charge in [-0.2, -0.15) is 8.62 Å². The van der Waals surface area contributed by atoms with Crippen LogP contribution in [0.4, 0.5) is 11.5 Å². The van der Waals surface area contributed by atoms with E-state index in [1.807, 2.05) is 13.8 Å². The summed E-state index contributed by atoms with van der Waals surface area (Å²) < 4.78 is 66.8. The number of carboxylic acids is 1. The SMILES string of the molecule is CC(C)CC(OCc1cn([C@H]2C[C@@H](O)[C@@H](COP(=O)(O)OP(=O)(O)OP(=O)(O)O)O2)c2ncnc(N)c12)c1ccc(C#CCNC(=O)c2ccc(C(=O)O)c(-c3c4ccc(=O)cc-4oc4cc(O)ccc34)c2)cc1[N+](=O)[O-]. The van der Waals surface area contributed by atoms with Crippen LogP contribution in [-0.4, -0.2) is 91.6 Å². The topological polar surface area (TPSA) is 415 Å². The number of rotatable bonds is 19. The zero-order chi connectivity index (χ0) is 55.7. The van der Waals surface area contributed by atoms with Gasteiger partial charge in [-0.25, -0.2) is 28.5 Å². The maximum absolute atomic E-state index is 13.5. The second-order valence-corrected chi connectivity index (χ2v) is 22.1. The number of phosphoric ester groups is 1. The fourth-order valence-electron chi connectivity index (χ4n) is 8.58. The summed E-state index contributed by atoms with van der Waals surface area (Å²) in [5.74, 6) is 3.60. The number of phenols is 1. The van der Waals surface area contributed by atoms with Gasteiger partial charge in [-0.3, -0.25) is 24.2 Å². The van der Waals surface area contributed by atoms with Crippen molar-refractivity contribution in [2.24, 2.45) is 5.92 Å². The van der Waals surface area contributed by atoms with Crippen LogP contribution in [0.25, 0.3) is 44.5 Å². The number of phosphoric acid groups is 3. The average molecular weight is 1120 g/mol. The van der Waals surface area contributed by atoms with E-state index in [0.29, 0.717) is 33.9 Å². The highest BCUT2D eigenvalue weighted by Crippen LogP contribution is 2.66. The molecule has 0 bridgehead atoms. The van der Waals surface area contributed by atoms with Gasteiger partial charge in [-0.15, -0.1) is 0 Å². The van der Waals surface area contributed by atoms with Gasteiger partial charge < -0.3 is 64.4 Å². The minimum atomic E-state index is -5.81. The van der Waals surface area contributed by atoms with E-state index in [9.17, 15) is 63.3 Å². The Morgan fingerprint density at radius 1 is 0.987 bits per heavy atom. The van der Waals surface area contributed by atoms with Crippen molar-refractivity contribution >= 4 is 68.9 Å². The number of phenolic OH excluding ortho intramolecular Hbond substituents is 1. The van der Waals surface area contributed by atoms with Gasteiger partial charge in [0, 0.05) is 64.0 Å². The van der Waals surface area contributed by atoms with E-state index in [0.717, 1.165) is 6.33 Å². The molecule has 1 amide bonds. The van der Waals surface area contributed by atoms with Crippen molar-refractivity contribution in [3.8, 4) is 40.0 Å². The Labute approximate surface area is 433 Å². The Bertz CT molecular complexity index is 3720. The second-order valence-electron chi connectivity index (χ2n) is 17.7. The van der Waals surface area contributed by atoms with Crippen molar-refractivity contribution in [3.63, 3.8) is 0 Å². The van der Waals surface area contributed by atoms with E-state index in [4.69, 9.17) is 29.4 Å². The predicted octanol–water partition coefficient (Wildman–Crippen LogP) is 6.28. The second kappa shape index (κ2) is 22.4. The highest BCUT2D eigenvalue weighted by Gasteiger charge is 2.43. The number of nitro groups is 1. The third kappa shape index (κ3) is 13.1. The minimum absolute atomic E-state index is 0.0102. The number of carbonyl (C=O) groups is 2. The molecular formula is C47H45N6O21P3. The molecule has 2 aromatic heterocycles. The number of aliphatic hydroxyl groups excluding tert-OH is 1. The first-order valence-electron chi connectivity index (χ1n) is 22.7. The van der Waals surface area contributed by atoms with Crippen LogP contribution in [0.15, 0.2) is 94.5 Å². The first-order chi connectivity index (χ1) is 36.3. The number of ether oxygens (including phenoxy) is 2. The van der Waals surface area contributed by atoms with Gasteiger partial charge in [0.05, 0.1) is 53.4 Å². The highest BCUT2D eigenvalue weighted by molar-refractivity contribution is 7.66. The van der Waals surface area contributed by atoms with Gasteiger partial charge in [-0.1, -0.05) is 25.7 Å². The lowest BCUT2D eigenvalue weighted by atomic mass is 9.89. The molecule has 0 saturated carbocycles. The van der Waals surface area contributed by atoms with Crippen LogP contribution in [0.5, 0.6) is 5.75 Å². The first-order valence-corrected chi connectivity index (χ1v) is 27.2. The van der Waals surface area contributed by atoms with Crippen molar-refractivity contribution in [2.45, 2.75) is 57.8 Å². The van der Waals surface area contributed by atoms with E-state index in [1.165, 1.54) is 77.5 Å². The lowest BCUT2D eigenvalue weighted by Gasteiger charge is -2.20. The summed E-state index contributed by atoms with van der Waals surface area (Å²) in [5.41, 5.74) is 7.49. The summed E-state index contributed by atoms with van der Waals surface area (Å²) in [6.45, 7) is 2.39. The van der Waals surface area contributed by atoms with Gasteiger partial charge in [0.1, 0.15) is 47.2 Å². The molecule has 3 aromatic carbocycles. The Morgan fingerprint density at radius 3 is 2.47 bits per heavy atom. The number of fused-ring (bicyclic) bond motifs is 3. The number of aliphatic hydroxyl groups is 1. The van der Waals surface area contributed by atoms with Gasteiger partial charge in [0.25, 0.3) is 11.6 Å². The van der Waals surface area contributed by atoms with E-state index in [-0.39, 0.29) is 93.0 Å². The number of nitrogens with two attached hydrogens (primary N) is 1. The number of nitro benzene ring substituents is 1. The highest BCUT2D eigenvalue weighted by atomic mass is 31.3. The molecule has 6 atom stereocenters. The number of nitrogens with one attached hydrogen (secondary N) is 1. The first kappa shape index (κ1) is 56.0. The van der Waals surface area contributed by atoms with E-state index >= 15 is 0 Å². The Morgan fingerprint density at radius 2 is 1.75 bits per heavy atom. The van der Waals surface area contributed by atoms with Crippen LogP contribution in [-0.2, 0) is 42.9 Å². The number of amides is 1. The van der Waals surface area contributed by atoms with Crippen LogP contribution in [0.1, 0.15) is 76.4 Å². The van der Waals surface area contributed by atoms with E-state index < -0.39 is 71.4 Å². The number of carboxylic acid groups (broad SMARTS) is 1. The molecule has 3 aliphatic rings. The fraction of sp³-hybridized carbons (Fsp3) is 0.255. The number of anilines is 1. The number of nitrogen functional groups attached to an aromatic ring is 1. The molecule has 1 aliphatic carbocycles. The van der Waals surface area contributed by atoms with E-state index in [1.54, 1.807) is 6.07 Å². The standard InChI is InChI=1S/C47H45N6O21P3/c1-24(2)14-37(69-21-27-20-52(45-42(27)44(48)50-23-51-45)41-19-36(56)40(72-41)22-70-76(65,66)74-77(67,68)73-75(62,63)64)31-9-5-25(15-35(31)53(60)61)4-3-13-49-46(57)26-6-10-30(47(58)59)34(16-26)43-32-11-7-28(54)17-38(32)71-39-18-29(55)8-12-33(39)43/h5-12,15-18,20,23-24,36-37,40-41,54,56H,13-14,19,21-22H2,1-2H3,(H,49,57)(H,58,59)(H,65,66)(H,67,68)(H2,48,50,51)(H2,62,63,64)/t36-,37?,40-,41-/m1/s1. The minimum Gasteiger partial charge on any atom is -0.508 e. The summed E-state index contributed by atoms with van der Waals surface area (Å²) in [5, 5.41) is 47.2. The molecule has 0 spiro atoms. The van der Waals surface area contributed by atoms with Crippen LogP contribution in [0.2, 0.25) is 0 Å². The van der Waals surface area contributed by atoms with Crippen molar-refractivity contribution in [3.05, 3.63) is 133 Å². The summed E-state index contributed by atoms with van der Waals surface area (Å²) in [7, 11) is -17.0. The van der Waals surface area contributed by atoms with Crippen LogP contribution >= 0.6 is 23.5 Å². The summed E-state index contributed by atoms with van der Waals surface area (Å²) in [6.07, 6.45) is -1.89. The molecular weight excluding hydrogens is 1080 g/mol. The zero-order valence-corrected chi connectivity index (χ0v) is 42.7. The van der Waals surface area contributed by atoms with Gasteiger partial charge in [-0.05, 0) is 72.5 Å². The predicted molar refractivity (Wildman–Crippen MR) is 269 cm³/mol. The van der Waals surface area contributed by atoms with Crippen LogP contribution in [0, 0.1) is 27.9 Å². The van der Waals surface area contributed by atoms with Gasteiger partial charge >= 0.3 is 29.4 Å². The lowest BCUT2D eigenvalue weighted by molar-refractivity contribution is -0.386. The summed E-state index contributed by atoms with van der Waals surface area (Å²) >= 11 is 0. The Balaban J connectivity index is 0.976. The molecule has 1 saturated heterocycles. The number of aromatic nitrogens is 3. The van der Waals surface area contributed by atoms with Crippen molar-refractivity contribution in [2.75, 3.05) is 18.9 Å². The molecule has 3 unspecified atom stereocenters. The van der Waals surface area contributed by atoms with Crippen molar-refractivity contribution < 1.29 is 90.1 Å². The molecule has 10 N–H and O–H groups in total. The molecule has 0 radical (unpaired) electrons. The molecule has 5 aromatic rings. The maximum atomic E-state index is 13.5. The third-order valence-corrected chi connectivity index (χ3v) is 15.6. The molecule has 4 heterocycles. The molecule has 8 rings (SSSR count). The van der Waals surface area contributed by atoms with Crippen LogP contribution < -0.4 is 16.5 Å². The van der Waals surface area contributed by atoms with Crippen molar-refractivity contribution in [1.29, 1.82) is 0 Å².